The fraction of sp³-hybridized carbons (Fsp3) is 0.424. The lowest BCUT2D eigenvalue weighted by Crippen LogP contribution is -2.25. The summed E-state index contributed by atoms with van der Waals surface area (Å²) in [6, 6.07) is 14.8. The lowest BCUT2D eigenvalue weighted by Gasteiger charge is -2.25. The number of carbonyl (C=O) groups is 1. The van der Waals surface area contributed by atoms with Crippen molar-refractivity contribution in [1.29, 1.82) is 0 Å². The Morgan fingerprint density at radius 1 is 0.900 bits per heavy atom. The van der Waals surface area contributed by atoms with E-state index in [1.54, 1.807) is 0 Å². The number of nitrogens with zero attached hydrogens (tertiary/aromatic N) is 2. The molecule has 2 aromatic rings. The number of benzene rings is 3. The van der Waals surface area contributed by atoms with Crippen molar-refractivity contribution in [3.05, 3.63) is 74.4 Å². The molecular weight excluding hydrogens is 566 g/mol. The van der Waals surface area contributed by atoms with E-state index in [0.717, 1.165) is 55.4 Å². The number of aromatic nitrogens is 1. The van der Waals surface area contributed by atoms with Gasteiger partial charge in [0, 0.05) is 41.1 Å². The first-order valence-electron chi connectivity index (χ1n) is 14.7. The highest BCUT2D eigenvalue weighted by atomic mass is 79.9. The van der Waals surface area contributed by atoms with Crippen LogP contribution in [-0.4, -0.2) is 24.0 Å². The first-order chi connectivity index (χ1) is 19.4. The van der Waals surface area contributed by atoms with Crippen molar-refractivity contribution >= 4 is 44.3 Å². The van der Waals surface area contributed by atoms with Gasteiger partial charge in [-0.05, 0) is 71.4 Å². The van der Waals surface area contributed by atoms with Crippen LogP contribution in [0.5, 0.6) is 0 Å². The molecule has 7 heteroatoms. The first-order valence-corrected chi connectivity index (χ1v) is 15.5. The van der Waals surface area contributed by atoms with Crippen LogP contribution in [0, 0.1) is 0 Å². The molecule has 1 amide bonds. The highest BCUT2D eigenvalue weighted by Gasteiger charge is 2.20. The van der Waals surface area contributed by atoms with E-state index in [1.807, 2.05) is 30.3 Å². The Bertz CT molecular complexity index is 1440. The molecule has 0 saturated heterocycles. The van der Waals surface area contributed by atoms with Crippen molar-refractivity contribution in [2.24, 2.45) is 0 Å². The molecule has 0 spiro atoms. The van der Waals surface area contributed by atoms with Gasteiger partial charge in [0.15, 0.2) is 16.8 Å². The summed E-state index contributed by atoms with van der Waals surface area (Å²) < 4.78 is 7.02. The molecule has 6 nitrogen and oxygen atoms in total. The molecule has 0 radical (unpaired) electrons. The fourth-order valence-corrected chi connectivity index (χ4v) is 5.39. The van der Waals surface area contributed by atoms with Gasteiger partial charge in [0.1, 0.15) is 11.2 Å². The molecule has 0 saturated carbocycles. The molecule has 4 rings (SSSR count). The third-order valence-electron chi connectivity index (χ3n) is 7.23. The minimum Gasteiger partial charge on any atom is -0.453 e. The van der Waals surface area contributed by atoms with Gasteiger partial charge in [0.05, 0.1) is 5.56 Å². The van der Waals surface area contributed by atoms with E-state index < -0.39 is 11.3 Å². The molecule has 2 aromatic carbocycles. The van der Waals surface area contributed by atoms with Crippen molar-refractivity contribution in [3.8, 4) is 11.5 Å². The van der Waals surface area contributed by atoms with Gasteiger partial charge in [-0.15, -0.1) is 0 Å². The molecule has 0 fully saturated rings. The number of halogens is 1. The van der Waals surface area contributed by atoms with E-state index in [4.69, 9.17) is 9.40 Å². The number of fused-ring (bicyclic) bond motifs is 2. The van der Waals surface area contributed by atoms with Gasteiger partial charge in [-0.25, -0.2) is 4.98 Å². The normalized spacial score (nSPS) is 11.3. The summed E-state index contributed by atoms with van der Waals surface area (Å²) in [6.07, 6.45) is 10.3. The number of anilines is 2. The van der Waals surface area contributed by atoms with Crippen LogP contribution in [-0.2, 0) is 6.42 Å². The summed E-state index contributed by atoms with van der Waals surface area (Å²) in [6.45, 7) is 8.57. The molecule has 0 aromatic heterocycles. The number of amides is 1. The van der Waals surface area contributed by atoms with E-state index in [0.29, 0.717) is 28.2 Å². The zero-order chi connectivity index (χ0) is 28.5. The van der Waals surface area contributed by atoms with Crippen LogP contribution in [0.15, 0.2) is 62.2 Å². The Morgan fingerprint density at radius 2 is 1.57 bits per heavy atom. The zero-order valence-corrected chi connectivity index (χ0v) is 25.5. The maximum Gasteiger partial charge on any atom is 0.259 e. The Balaban J connectivity index is 1.61. The van der Waals surface area contributed by atoms with Gasteiger partial charge >= 0.3 is 0 Å². The molecule has 1 aliphatic heterocycles. The van der Waals surface area contributed by atoms with Crippen LogP contribution in [0.1, 0.15) is 88.1 Å². The largest absolute Gasteiger partial charge is 0.453 e. The smallest absolute Gasteiger partial charge is 0.259 e. The summed E-state index contributed by atoms with van der Waals surface area (Å²) in [5.74, 6) is -0.0961. The van der Waals surface area contributed by atoms with Crippen LogP contribution < -0.4 is 15.6 Å². The van der Waals surface area contributed by atoms with Crippen LogP contribution >= 0.6 is 15.9 Å². The van der Waals surface area contributed by atoms with Crippen LogP contribution in [0.4, 0.5) is 11.4 Å². The van der Waals surface area contributed by atoms with Crippen molar-refractivity contribution in [2.75, 3.05) is 23.3 Å². The topological polar surface area (TPSA) is 75.4 Å². The van der Waals surface area contributed by atoms with Gasteiger partial charge in [-0.1, -0.05) is 65.0 Å². The molecule has 0 unspecified atom stereocenters. The lowest BCUT2D eigenvalue weighted by molar-refractivity contribution is 0.102. The van der Waals surface area contributed by atoms with Gasteiger partial charge in [0.25, 0.3) is 5.91 Å². The second kappa shape index (κ2) is 14.4. The maximum absolute atomic E-state index is 13.0. The van der Waals surface area contributed by atoms with Gasteiger partial charge in [-0.2, -0.15) is 0 Å². The molecular formula is C33H40BrN3O3. The minimum absolute atomic E-state index is 0.0374. The van der Waals surface area contributed by atoms with Crippen LogP contribution in [0.3, 0.4) is 0 Å². The molecule has 1 heterocycles. The predicted octanol–water partition coefficient (Wildman–Crippen LogP) is 8.84. The summed E-state index contributed by atoms with van der Waals surface area (Å²) in [4.78, 5) is 33.2. The molecule has 40 heavy (non-hydrogen) atoms. The standard InChI is InChI=1S/C33H40BrN3O3/c1-4-7-10-17-37(18-11-8-5-2)25-19-27(34)32-31(20-25)40-30-22-29(38)26(21-28(30)36-32)33(39)35-24-15-13-23(14-16-24)12-9-6-3/h13-16,19-22H,4-12,17-18H2,1-3H3,(H,35,39). The SMILES string of the molecule is CCCCCN(CCCCC)c1cc(Br)c2nc3cc(C(=O)Nc4ccc(CCCC)cc4)c(=O)cc-3oc2c1. The number of rotatable bonds is 14. The second-order valence-electron chi connectivity index (χ2n) is 10.5. The number of aryl methyl sites for hydroxylation is 1. The predicted molar refractivity (Wildman–Crippen MR) is 169 cm³/mol. The minimum atomic E-state index is -0.459. The van der Waals surface area contributed by atoms with Gasteiger partial charge in [-0.3, -0.25) is 9.59 Å². The third kappa shape index (κ3) is 7.51. The number of nitrogens with one attached hydrogen (secondary N) is 1. The first kappa shape index (κ1) is 29.8. The Labute approximate surface area is 245 Å². The van der Waals surface area contributed by atoms with E-state index >= 15 is 0 Å². The van der Waals surface area contributed by atoms with E-state index in [1.165, 1.54) is 43.4 Å². The molecule has 2 aliphatic rings. The number of hydrogen-bond acceptors (Lipinski definition) is 5. The molecule has 1 N–H and O–H groups in total. The number of unbranched alkanes of at least 4 members (excludes halogenated alkanes) is 5. The molecule has 1 aliphatic carbocycles. The van der Waals surface area contributed by atoms with Crippen molar-refractivity contribution in [3.63, 3.8) is 0 Å². The summed E-state index contributed by atoms with van der Waals surface area (Å²) in [7, 11) is 0. The van der Waals surface area contributed by atoms with Crippen molar-refractivity contribution in [2.45, 2.75) is 78.6 Å². The zero-order valence-electron chi connectivity index (χ0n) is 23.9. The van der Waals surface area contributed by atoms with E-state index in [2.05, 4.69) is 53.0 Å². The fourth-order valence-electron chi connectivity index (χ4n) is 4.87. The monoisotopic (exact) mass is 605 g/mol. The third-order valence-corrected chi connectivity index (χ3v) is 7.83. The Hall–Kier alpha value is -3.19. The Kier molecular flexibility index (Phi) is 10.8. The average Bonchev–Trinajstić information content (AvgIpc) is 2.95. The molecule has 0 bridgehead atoms. The maximum atomic E-state index is 13.0. The summed E-state index contributed by atoms with van der Waals surface area (Å²) in [5.41, 5.74) is 4.32. The summed E-state index contributed by atoms with van der Waals surface area (Å²) in [5, 5.41) is 2.85. The van der Waals surface area contributed by atoms with Crippen molar-refractivity contribution in [1.82, 2.24) is 4.98 Å². The molecule has 0 atom stereocenters. The Morgan fingerprint density at radius 3 is 2.23 bits per heavy atom. The quantitative estimate of drug-likeness (QED) is 0.115. The van der Waals surface area contributed by atoms with Crippen molar-refractivity contribution < 1.29 is 9.21 Å². The van der Waals surface area contributed by atoms with E-state index in [9.17, 15) is 9.59 Å². The highest BCUT2D eigenvalue weighted by molar-refractivity contribution is 9.10. The van der Waals surface area contributed by atoms with Crippen LogP contribution in [0.25, 0.3) is 22.6 Å². The highest BCUT2D eigenvalue weighted by Crippen LogP contribution is 2.33. The summed E-state index contributed by atoms with van der Waals surface area (Å²) >= 11 is 3.70. The van der Waals surface area contributed by atoms with Crippen LogP contribution in [0.2, 0.25) is 0 Å². The van der Waals surface area contributed by atoms with Gasteiger partial charge in [0.2, 0.25) is 0 Å². The van der Waals surface area contributed by atoms with Gasteiger partial charge < -0.3 is 14.6 Å². The number of hydrogen-bond donors (Lipinski definition) is 1. The average molecular weight is 607 g/mol. The second-order valence-corrected chi connectivity index (χ2v) is 11.3. The lowest BCUT2D eigenvalue weighted by atomic mass is 10.1. The van der Waals surface area contributed by atoms with E-state index in [-0.39, 0.29) is 5.56 Å². The number of carbonyl (C=O) groups excluding carboxylic acids is 1. The molecule has 212 valence electrons.